The first-order chi connectivity index (χ1) is 8.16. The molecule has 2 rings (SSSR count). The summed E-state index contributed by atoms with van der Waals surface area (Å²) >= 11 is 0.116. The first-order valence-corrected chi connectivity index (χ1v) is 7.18. The van der Waals surface area contributed by atoms with Crippen LogP contribution in [-0.2, 0) is 0 Å². The molecular weight excluding hydrogens is 279 g/mol. The second-order valence-corrected chi connectivity index (χ2v) is 5.85. The van der Waals surface area contributed by atoms with E-state index in [1.165, 1.54) is 0 Å². The van der Waals surface area contributed by atoms with Gasteiger partial charge in [-0.15, -0.1) is 0 Å². The third-order valence-electron chi connectivity index (χ3n) is 2.49. The molecule has 1 heterocycles. The summed E-state index contributed by atoms with van der Waals surface area (Å²) in [6.45, 7) is 1.97. The van der Waals surface area contributed by atoms with Crippen molar-refractivity contribution in [2.75, 3.05) is 0 Å². The summed E-state index contributed by atoms with van der Waals surface area (Å²) < 4.78 is 0.790. The van der Waals surface area contributed by atoms with Crippen LogP contribution in [0.5, 0.6) is 0 Å². The van der Waals surface area contributed by atoms with Crippen molar-refractivity contribution in [3.05, 3.63) is 56.9 Å². The summed E-state index contributed by atoms with van der Waals surface area (Å²) in [6.07, 6.45) is -0.0156. The Kier molecular flexibility index (Phi) is 3.72. The molecule has 0 saturated carbocycles. The van der Waals surface area contributed by atoms with Crippen LogP contribution < -0.4 is 0 Å². The van der Waals surface area contributed by atoms with Crippen LogP contribution in [0.4, 0.5) is 0 Å². The topological polar surface area (TPSA) is 34.1 Å². The molecule has 0 aliphatic heterocycles. The molecule has 1 aromatic carbocycles. The van der Waals surface area contributed by atoms with Gasteiger partial charge in [-0.05, 0) is 0 Å². The van der Waals surface area contributed by atoms with Crippen LogP contribution in [-0.4, -0.2) is 26.1 Å². The van der Waals surface area contributed by atoms with Gasteiger partial charge in [-0.25, -0.2) is 0 Å². The van der Waals surface area contributed by atoms with Crippen LogP contribution >= 0.6 is 0 Å². The molecule has 0 saturated heterocycles. The van der Waals surface area contributed by atoms with Crippen LogP contribution in [0, 0.1) is 6.92 Å². The van der Waals surface area contributed by atoms with E-state index in [-0.39, 0.29) is 32.5 Å². The first-order valence-electron chi connectivity index (χ1n) is 5.33. The molecule has 0 aliphatic carbocycles. The van der Waals surface area contributed by atoms with Gasteiger partial charge in [0, 0.05) is 0 Å². The van der Waals surface area contributed by atoms with Gasteiger partial charge < -0.3 is 0 Å². The van der Waals surface area contributed by atoms with E-state index in [9.17, 15) is 9.59 Å². The zero-order valence-corrected chi connectivity index (χ0v) is 11.2. The van der Waals surface area contributed by atoms with Crippen LogP contribution in [0.2, 0.25) is 0 Å². The summed E-state index contributed by atoms with van der Waals surface area (Å²) in [7, 11) is 0. The average molecular weight is 291 g/mol. The van der Waals surface area contributed by atoms with Crippen molar-refractivity contribution in [1.82, 2.24) is 0 Å². The number of carbonyl (C=O) groups is 2. The molecule has 0 spiro atoms. The molecule has 0 amide bonds. The Balaban J connectivity index is 2.07. The molecule has 0 unspecified atom stereocenters. The summed E-state index contributed by atoms with van der Waals surface area (Å²) in [4.78, 5) is 25.6. The molecule has 0 fully saturated rings. The minimum absolute atomic E-state index is 0.0156. The Bertz CT molecular complexity index is 524. The van der Waals surface area contributed by atoms with E-state index in [1.54, 1.807) is 12.1 Å². The zero-order chi connectivity index (χ0) is 12.3. The van der Waals surface area contributed by atoms with Crippen molar-refractivity contribution in [3.8, 4) is 0 Å². The van der Waals surface area contributed by atoms with E-state index in [4.69, 9.17) is 0 Å². The predicted molar refractivity (Wildman–Crippen MR) is 67.8 cm³/mol. The third-order valence-corrected chi connectivity index (χ3v) is 4.40. The molecule has 0 radical (unpaired) electrons. The van der Waals surface area contributed by atoms with E-state index < -0.39 is 0 Å². The summed E-state index contributed by atoms with van der Waals surface area (Å²) in [6, 6.07) is 11.0. The van der Waals surface area contributed by atoms with Crippen molar-refractivity contribution in [2.45, 2.75) is 13.3 Å². The predicted octanol–water partition coefficient (Wildman–Crippen LogP) is 2.51. The second kappa shape index (κ2) is 5.26. The number of hydrogen-bond donors (Lipinski definition) is 0. The van der Waals surface area contributed by atoms with E-state index in [2.05, 4.69) is 0 Å². The number of aryl methyl sites for hydroxylation is 1. The molecule has 0 bridgehead atoms. The molecule has 0 N–H and O–H groups in total. The fraction of sp³-hybridized carbons (Fsp3) is 0.143. The Hall–Kier alpha value is -1.44. The van der Waals surface area contributed by atoms with Gasteiger partial charge in [0.15, 0.2) is 0 Å². The van der Waals surface area contributed by atoms with Gasteiger partial charge in [-0.1, -0.05) is 0 Å². The third kappa shape index (κ3) is 3.02. The van der Waals surface area contributed by atoms with Gasteiger partial charge in [-0.2, -0.15) is 0 Å². The van der Waals surface area contributed by atoms with Crippen LogP contribution in [0.3, 0.4) is 0 Å². The van der Waals surface area contributed by atoms with Crippen molar-refractivity contribution in [2.24, 2.45) is 0 Å². The summed E-state index contributed by atoms with van der Waals surface area (Å²) in [5.41, 5.74) is 1.72. The Morgan fingerprint density at radius 3 is 2.35 bits per heavy atom. The Morgan fingerprint density at radius 1 is 1.06 bits per heavy atom. The maximum atomic E-state index is 11.9. The molecule has 2 nitrogen and oxygen atoms in total. The van der Waals surface area contributed by atoms with Gasteiger partial charge in [0.05, 0.1) is 0 Å². The van der Waals surface area contributed by atoms with E-state index >= 15 is 0 Å². The molecular formula is C14H12O2Se. The van der Waals surface area contributed by atoms with E-state index in [0.717, 1.165) is 10.0 Å². The van der Waals surface area contributed by atoms with Crippen molar-refractivity contribution in [3.63, 3.8) is 0 Å². The van der Waals surface area contributed by atoms with Gasteiger partial charge in [0.25, 0.3) is 0 Å². The second-order valence-electron chi connectivity index (χ2n) is 3.87. The zero-order valence-electron chi connectivity index (χ0n) is 9.47. The molecule has 86 valence electrons. The van der Waals surface area contributed by atoms with E-state index in [1.807, 2.05) is 36.1 Å². The molecule has 2 aromatic rings. The average Bonchev–Trinajstić information content (AvgIpc) is 2.83. The molecule has 17 heavy (non-hydrogen) atoms. The standard InChI is InChI=1S/C14H12O2Se/c1-10-4-6-11(7-5-10)12(15)9-13(16)14-3-2-8-17-14/h2-8H,9H2,1H3. The molecule has 3 heteroatoms. The fourth-order valence-corrected chi connectivity index (χ4v) is 2.91. The van der Waals surface area contributed by atoms with Gasteiger partial charge in [-0.3, -0.25) is 0 Å². The molecule has 0 atom stereocenters. The number of Topliss-reactive ketones (excluding diaryl/α,β-unsaturated/α-hetero) is 2. The summed E-state index contributed by atoms with van der Waals surface area (Å²) in [5, 5.41) is 0. The van der Waals surface area contributed by atoms with Crippen LogP contribution in [0.1, 0.15) is 31.6 Å². The number of carbonyl (C=O) groups excluding carboxylic acids is 2. The molecule has 1 aromatic heterocycles. The van der Waals surface area contributed by atoms with Crippen molar-refractivity contribution in [1.29, 1.82) is 0 Å². The van der Waals surface area contributed by atoms with Crippen LogP contribution in [0.15, 0.2) is 41.3 Å². The van der Waals surface area contributed by atoms with E-state index in [0.29, 0.717) is 5.56 Å². The molecule has 0 aliphatic rings. The quantitative estimate of drug-likeness (QED) is 0.493. The number of hydrogen-bond acceptors (Lipinski definition) is 2. The monoisotopic (exact) mass is 292 g/mol. The Labute approximate surface area is 106 Å². The minimum atomic E-state index is -0.0985. The normalized spacial score (nSPS) is 10.2. The van der Waals surface area contributed by atoms with Gasteiger partial charge >= 0.3 is 106 Å². The number of ketones is 2. The van der Waals surface area contributed by atoms with Crippen molar-refractivity contribution >= 4 is 26.1 Å². The van der Waals surface area contributed by atoms with Crippen LogP contribution in [0.25, 0.3) is 0 Å². The first kappa shape index (κ1) is 12.0. The number of benzene rings is 1. The maximum absolute atomic E-state index is 11.9. The van der Waals surface area contributed by atoms with Gasteiger partial charge in [0.1, 0.15) is 0 Å². The van der Waals surface area contributed by atoms with Gasteiger partial charge in [0.2, 0.25) is 0 Å². The SMILES string of the molecule is Cc1ccc(C(=O)CC(=O)c2ccc[se]2)cc1. The summed E-state index contributed by atoms with van der Waals surface area (Å²) in [5.74, 6) is -0.140. The number of rotatable bonds is 4. The Morgan fingerprint density at radius 2 is 1.76 bits per heavy atom. The van der Waals surface area contributed by atoms with Crippen molar-refractivity contribution < 1.29 is 9.59 Å². The fourth-order valence-electron chi connectivity index (χ4n) is 1.51.